The van der Waals surface area contributed by atoms with E-state index in [-0.39, 0.29) is 16.8 Å². The molecule has 0 aliphatic rings. The highest BCUT2D eigenvalue weighted by molar-refractivity contribution is 5.88. The lowest BCUT2D eigenvalue weighted by Gasteiger charge is -2.02. The fourth-order valence-electron chi connectivity index (χ4n) is 0.954. The number of hydrogen-bond acceptors (Lipinski definition) is 4. The van der Waals surface area contributed by atoms with Crippen LogP contribution in [0.2, 0.25) is 0 Å². The Bertz CT molecular complexity index is 398. The summed E-state index contributed by atoms with van der Waals surface area (Å²) in [7, 11) is 1.18. The minimum absolute atomic E-state index is 0.0656. The van der Waals surface area contributed by atoms with Crippen molar-refractivity contribution >= 4 is 5.97 Å². The molecule has 1 aromatic heterocycles. The van der Waals surface area contributed by atoms with Crippen molar-refractivity contribution in [2.45, 2.75) is 6.67 Å². The van der Waals surface area contributed by atoms with Crippen molar-refractivity contribution in [1.82, 2.24) is 4.98 Å². The Morgan fingerprint density at radius 3 is 3.00 bits per heavy atom. The molecule has 5 heteroatoms. The first-order valence-corrected chi connectivity index (χ1v) is 3.76. The number of aromatic nitrogens is 1. The number of nitriles is 1. The fourth-order valence-corrected chi connectivity index (χ4v) is 0.954. The maximum Gasteiger partial charge on any atom is 0.357 e. The zero-order valence-corrected chi connectivity index (χ0v) is 7.45. The molecule has 0 aliphatic carbocycles. The molecule has 0 atom stereocenters. The molecule has 0 fully saturated rings. The minimum atomic E-state index is -0.854. The molecule has 1 aromatic rings. The maximum atomic E-state index is 12.4. The Morgan fingerprint density at radius 2 is 2.50 bits per heavy atom. The number of hydrogen-bond donors (Lipinski definition) is 0. The number of alkyl halides is 1. The summed E-state index contributed by atoms with van der Waals surface area (Å²) in [6.07, 6.45) is 1.20. The average molecular weight is 194 g/mol. The van der Waals surface area contributed by atoms with Crippen LogP contribution in [0, 0.1) is 11.3 Å². The van der Waals surface area contributed by atoms with Crippen LogP contribution >= 0.6 is 0 Å². The van der Waals surface area contributed by atoms with Gasteiger partial charge in [0.15, 0.2) is 5.69 Å². The predicted molar refractivity (Wildman–Crippen MR) is 45.1 cm³/mol. The van der Waals surface area contributed by atoms with Gasteiger partial charge in [-0.15, -0.1) is 0 Å². The molecule has 0 aromatic carbocycles. The fraction of sp³-hybridized carbons (Fsp3) is 0.222. The van der Waals surface area contributed by atoms with Gasteiger partial charge in [-0.25, -0.2) is 14.2 Å². The van der Waals surface area contributed by atoms with Crippen LogP contribution in [0.3, 0.4) is 0 Å². The molecule has 0 saturated carbocycles. The molecule has 14 heavy (non-hydrogen) atoms. The first kappa shape index (κ1) is 10.1. The van der Waals surface area contributed by atoms with Crippen molar-refractivity contribution in [1.29, 1.82) is 5.26 Å². The van der Waals surface area contributed by atoms with Gasteiger partial charge in [-0.3, -0.25) is 0 Å². The molecule has 0 bridgehead atoms. The summed E-state index contributed by atoms with van der Waals surface area (Å²) in [4.78, 5) is 14.7. The van der Waals surface area contributed by atoms with Gasteiger partial charge in [0.1, 0.15) is 12.7 Å². The Morgan fingerprint density at radius 1 is 1.79 bits per heavy atom. The molecule has 0 spiro atoms. The van der Waals surface area contributed by atoms with E-state index >= 15 is 0 Å². The summed E-state index contributed by atoms with van der Waals surface area (Å²) >= 11 is 0. The first-order valence-electron chi connectivity index (χ1n) is 3.76. The van der Waals surface area contributed by atoms with E-state index in [9.17, 15) is 9.18 Å². The molecule has 1 heterocycles. The van der Waals surface area contributed by atoms with E-state index in [4.69, 9.17) is 5.26 Å². The van der Waals surface area contributed by atoms with Crippen molar-refractivity contribution in [3.05, 3.63) is 29.1 Å². The van der Waals surface area contributed by atoms with Crippen LogP contribution in [0.4, 0.5) is 4.39 Å². The van der Waals surface area contributed by atoms with Crippen LogP contribution < -0.4 is 0 Å². The van der Waals surface area contributed by atoms with Crippen LogP contribution in [0.5, 0.6) is 0 Å². The quantitative estimate of drug-likeness (QED) is 0.664. The van der Waals surface area contributed by atoms with Gasteiger partial charge in [-0.05, 0) is 6.07 Å². The number of carbonyl (C=O) groups excluding carboxylic acids is 1. The average Bonchev–Trinajstić information content (AvgIpc) is 2.27. The van der Waals surface area contributed by atoms with Gasteiger partial charge in [0, 0.05) is 11.8 Å². The number of pyridine rings is 1. The highest BCUT2D eigenvalue weighted by Gasteiger charge is 2.13. The van der Waals surface area contributed by atoms with Crippen molar-refractivity contribution in [2.24, 2.45) is 0 Å². The van der Waals surface area contributed by atoms with Gasteiger partial charge in [0.05, 0.1) is 12.7 Å². The minimum Gasteiger partial charge on any atom is -0.464 e. The number of methoxy groups -OCH3 is 1. The van der Waals surface area contributed by atoms with Crippen LogP contribution in [-0.4, -0.2) is 18.1 Å². The van der Waals surface area contributed by atoms with Gasteiger partial charge in [-0.1, -0.05) is 0 Å². The van der Waals surface area contributed by atoms with E-state index in [2.05, 4.69) is 9.72 Å². The Hall–Kier alpha value is -1.96. The second-order valence-electron chi connectivity index (χ2n) is 2.47. The lowest BCUT2D eigenvalue weighted by molar-refractivity contribution is 0.0591. The third-order valence-corrected chi connectivity index (χ3v) is 1.62. The monoisotopic (exact) mass is 194 g/mol. The number of nitrogens with zero attached hydrogens (tertiary/aromatic N) is 2. The second kappa shape index (κ2) is 4.33. The summed E-state index contributed by atoms with van der Waals surface area (Å²) in [6.45, 7) is -0.854. The van der Waals surface area contributed by atoms with Crippen LogP contribution in [-0.2, 0) is 11.4 Å². The van der Waals surface area contributed by atoms with E-state index in [1.807, 2.05) is 0 Å². The molecule has 0 radical (unpaired) electrons. The number of ether oxygens (including phenoxy) is 1. The van der Waals surface area contributed by atoms with Crippen molar-refractivity contribution in [3.63, 3.8) is 0 Å². The zero-order chi connectivity index (χ0) is 10.6. The van der Waals surface area contributed by atoms with Gasteiger partial charge >= 0.3 is 5.97 Å². The summed E-state index contributed by atoms with van der Waals surface area (Å²) in [6, 6.07) is 3.08. The molecule has 4 nitrogen and oxygen atoms in total. The third kappa shape index (κ3) is 1.85. The molecular formula is C9H7FN2O2. The molecule has 1 rings (SSSR count). The number of esters is 1. The van der Waals surface area contributed by atoms with Gasteiger partial charge in [-0.2, -0.15) is 5.26 Å². The predicted octanol–water partition coefficient (Wildman–Crippen LogP) is 1.21. The van der Waals surface area contributed by atoms with Crippen molar-refractivity contribution in [2.75, 3.05) is 7.11 Å². The third-order valence-electron chi connectivity index (χ3n) is 1.62. The standard InChI is InChI=1S/C9H7FN2O2/c1-14-9(13)8-7(3-10)2-6(4-11)5-12-8/h2,5H,3H2,1H3. The summed E-state index contributed by atoms with van der Waals surface area (Å²) in [5, 5.41) is 8.52. The van der Waals surface area contributed by atoms with Crippen molar-refractivity contribution in [3.8, 4) is 6.07 Å². The summed E-state index contributed by atoms with van der Waals surface area (Å²) in [5.74, 6) is -0.706. The zero-order valence-electron chi connectivity index (χ0n) is 7.45. The summed E-state index contributed by atoms with van der Waals surface area (Å²) < 4.78 is 16.8. The largest absolute Gasteiger partial charge is 0.464 e. The smallest absolute Gasteiger partial charge is 0.357 e. The highest BCUT2D eigenvalue weighted by atomic mass is 19.1. The first-order chi connectivity index (χ1) is 6.72. The molecule has 0 amide bonds. The second-order valence-corrected chi connectivity index (χ2v) is 2.47. The molecule has 0 N–H and O–H groups in total. The van der Waals surface area contributed by atoms with E-state index in [0.29, 0.717) is 0 Å². The van der Waals surface area contributed by atoms with Gasteiger partial charge < -0.3 is 4.74 Å². The molecular weight excluding hydrogens is 187 g/mol. The van der Waals surface area contributed by atoms with E-state index in [1.165, 1.54) is 19.4 Å². The van der Waals surface area contributed by atoms with Crippen LogP contribution in [0.1, 0.15) is 21.6 Å². The molecule has 0 aliphatic heterocycles. The van der Waals surface area contributed by atoms with Gasteiger partial charge in [0.25, 0.3) is 0 Å². The van der Waals surface area contributed by atoms with E-state index in [1.54, 1.807) is 6.07 Å². The Kier molecular flexibility index (Phi) is 3.13. The van der Waals surface area contributed by atoms with E-state index < -0.39 is 12.6 Å². The van der Waals surface area contributed by atoms with Crippen molar-refractivity contribution < 1.29 is 13.9 Å². The SMILES string of the molecule is COC(=O)c1ncc(C#N)cc1CF. The highest BCUT2D eigenvalue weighted by Crippen LogP contribution is 2.11. The molecule has 0 saturated heterocycles. The van der Waals surface area contributed by atoms with Crippen LogP contribution in [0.25, 0.3) is 0 Å². The van der Waals surface area contributed by atoms with E-state index in [0.717, 1.165) is 0 Å². The molecule has 72 valence electrons. The summed E-state index contributed by atoms with van der Waals surface area (Å²) in [5.41, 5.74) is 0.190. The van der Waals surface area contributed by atoms with Gasteiger partial charge in [0.2, 0.25) is 0 Å². The van der Waals surface area contributed by atoms with Crippen LogP contribution in [0.15, 0.2) is 12.3 Å². The lowest BCUT2D eigenvalue weighted by atomic mass is 10.1. The Balaban J connectivity index is 3.19. The molecule has 0 unspecified atom stereocenters. The maximum absolute atomic E-state index is 12.4. The number of rotatable bonds is 2. The normalized spacial score (nSPS) is 9.21. The number of halogens is 1. The Labute approximate surface area is 79.9 Å². The topological polar surface area (TPSA) is 63.0 Å². The number of carbonyl (C=O) groups is 1. The lowest BCUT2D eigenvalue weighted by Crippen LogP contribution is -2.08.